The van der Waals surface area contributed by atoms with Gasteiger partial charge in [0.05, 0.1) is 9.85 Å². The number of nitro benzene ring substituents is 2. The number of carbonyl (C=O) groups excluding carboxylic acids is 2. The number of rotatable bonds is 9. The highest BCUT2D eigenvalue weighted by Gasteiger charge is 2.14. The highest BCUT2D eigenvalue weighted by molar-refractivity contribution is 5.92. The first kappa shape index (κ1) is 22.5. The van der Waals surface area contributed by atoms with Crippen molar-refractivity contribution >= 4 is 34.6 Å². The maximum Gasteiger partial charge on any atom is 0.274 e. The minimum Gasteiger partial charge on any atom is -0.326 e. The van der Waals surface area contributed by atoms with Gasteiger partial charge < -0.3 is 10.6 Å². The molecular weight excluding hydrogens is 392 g/mol. The Balaban J connectivity index is 1.77. The number of nitrogens with one attached hydrogen (secondary N) is 2. The summed E-state index contributed by atoms with van der Waals surface area (Å²) in [7, 11) is 0. The molecule has 0 saturated heterocycles. The van der Waals surface area contributed by atoms with Gasteiger partial charge in [0.1, 0.15) is 0 Å². The van der Waals surface area contributed by atoms with Crippen LogP contribution < -0.4 is 10.6 Å². The van der Waals surface area contributed by atoms with Crippen molar-refractivity contribution in [2.24, 2.45) is 0 Å². The molecule has 0 fully saturated rings. The Morgan fingerprint density at radius 3 is 1.47 bits per heavy atom. The lowest BCUT2D eigenvalue weighted by atomic mass is 10.1. The van der Waals surface area contributed by atoms with Gasteiger partial charge in [-0.2, -0.15) is 0 Å². The molecule has 10 heteroatoms. The van der Waals surface area contributed by atoms with Gasteiger partial charge in [-0.3, -0.25) is 29.8 Å². The van der Waals surface area contributed by atoms with Crippen molar-refractivity contribution in [3.8, 4) is 0 Å². The highest BCUT2D eigenvalue weighted by Crippen LogP contribution is 2.23. The Kier molecular flexibility index (Phi) is 7.56. The lowest BCUT2D eigenvalue weighted by Gasteiger charge is -2.07. The van der Waals surface area contributed by atoms with E-state index in [0.717, 1.165) is 0 Å². The average Bonchev–Trinajstić information content (AvgIpc) is 2.68. The molecule has 30 heavy (non-hydrogen) atoms. The van der Waals surface area contributed by atoms with Crippen LogP contribution in [0.3, 0.4) is 0 Å². The lowest BCUT2D eigenvalue weighted by molar-refractivity contribution is -0.385. The molecular formula is C20H22N4O6. The van der Waals surface area contributed by atoms with Crippen LogP contribution in [0.4, 0.5) is 22.7 Å². The summed E-state index contributed by atoms with van der Waals surface area (Å²) in [6.07, 6.45) is 1.21. The molecule has 0 radical (unpaired) electrons. The van der Waals surface area contributed by atoms with Crippen LogP contribution in [0.2, 0.25) is 0 Å². The number of anilines is 2. The summed E-state index contributed by atoms with van der Waals surface area (Å²) < 4.78 is 0. The number of hydrogen-bond acceptors (Lipinski definition) is 6. The Morgan fingerprint density at radius 2 is 1.13 bits per heavy atom. The van der Waals surface area contributed by atoms with Crippen LogP contribution in [0.5, 0.6) is 0 Å². The zero-order valence-corrected chi connectivity index (χ0v) is 16.6. The van der Waals surface area contributed by atoms with E-state index in [4.69, 9.17) is 0 Å². The fourth-order valence-electron chi connectivity index (χ4n) is 2.79. The molecule has 0 bridgehead atoms. The quantitative estimate of drug-likeness (QED) is 0.356. The Morgan fingerprint density at radius 1 is 0.767 bits per heavy atom. The van der Waals surface area contributed by atoms with E-state index in [1.807, 2.05) is 0 Å². The van der Waals surface area contributed by atoms with Gasteiger partial charge in [-0.05, 0) is 38.8 Å². The molecule has 0 aliphatic carbocycles. The van der Waals surface area contributed by atoms with Crippen molar-refractivity contribution in [1.29, 1.82) is 0 Å². The minimum atomic E-state index is -0.508. The van der Waals surface area contributed by atoms with Gasteiger partial charge in [0, 0.05) is 47.5 Å². The van der Waals surface area contributed by atoms with E-state index < -0.39 is 9.85 Å². The van der Waals surface area contributed by atoms with Crippen molar-refractivity contribution in [3.05, 3.63) is 67.8 Å². The van der Waals surface area contributed by atoms with Gasteiger partial charge in [-0.25, -0.2) is 0 Å². The molecule has 2 N–H and O–H groups in total. The fraction of sp³-hybridized carbons (Fsp3) is 0.300. The van der Waals surface area contributed by atoms with Crippen molar-refractivity contribution in [3.63, 3.8) is 0 Å². The molecule has 0 aliphatic rings. The Labute approximate surface area is 172 Å². The Hall–Kier alpha value is -3.82. The van der Waals surface area contributed by atoms with Crippen LogP contribution in [0.1, 0.15) is 36.8 Å². The number of amides is 2. The van der Waals surface area contributed by atoms with Gasteiger partial charge in [-0.15, -0.1) is 0 Å². The summed E-state index contributed by atoms with van der Waals surface area (Å²) in [5, 5.41) is 27.1. The van der Waals surface area contributed by atoms with Crippen LogP contribution in [-0.4, -0.2) is 21.7 Å². The third-order valence-corrected chi connectivity index (χ3v) is 4.44. The van der Waals surface area contributed by atoms with Gasteiger partial charge in [0.15, 0.2) is 0 Å². The summed E-state index contributed by atoms with van der Waals surface area (Å²) in [5.41, 5.74) is 1.56. The number of nitrogens with zero attached hydrogens (tertiary/aromatic N) is 2. The second kappa shape index (κ2) is 10.1. The molecule has 0 heterocycles. The number of unbranched alkanes of at least 4 members (excludes halogenated alkanes) is 1. The average molecular weight is 414 g/mol. The summed E-state index contributed by atoms with van der Waals surface area (Å²) in [6, 6.07) is 8.92. The standard InChI is InChI=1S/C20H22N4O6/c1-13-7-9-15(11-17(13)23(27)28)21-19(25)5-3-4-6-20(26)22-16-10-8-14(2)18(12-16)24(29)30/h7-12H,3-6H2,1-2H3,(H,21,25)(H,22,26). The molecule has 0 aliphatic heterocycles. The molecule has 0 unspecified atom stereocenters. The summed E-state index contributed by atoms with van der Waals surface area (Å²) in [4.78, 5) is 44.9. The van der Waals surface area contributed by atoms with Crippen LogP contribution in [-0.2, 0) is 9.59 Å². The number of aryl methyl sites for hydroxylation is 2. The van der Waals surface area contributed by atoms with E-state index in [2.05, 4.69) is 10.6 Å². The normalized spacial score (nSPS) is 10.3. The molecule has 10 nitrogen and oxygen atoms in total. The van der Waals surface area contributed by atoms with Gasteiger partial charge >= 0.3 is 0 Å². The lowest BCUT2D eigenvalue weighted by Crippen LogP contribution is -2.13. The number of nitro groups is 2. The van der Waals surface area contributed by atoms with Crippen molar-refractivity contribution in [2.45, 2.75) is 39.5 Å². The van der Waals surface area contributed by atoms with E-state index in [1.165, 1.54) is 12.1 Å². The van der Waals surface area contributed by atoms with Gasteiger partial charge in [-0.1, -0.05) is 12.1 Å². The largest absolute Gasteiger partial charge is 0.326 e. The van der Waals surface area contributed by atoms with Crippen molar-refractivity contribution in [2.75, 3.05) is 10.6 Å². The zero-order chi connectivity index (χ0) is 22.3. The molecule has 158 valence electrons. The van der Waals surface area contributed by atoms with Crippen molar-refractivity contribution in [1.82, 2.24) is 0 Å². The monoisotopic (exact) mass is 414 g/mol. The summed E-state index contributed by atoms with van der Waals surface area (Å²) >= 11 is 0. The maximum absolute atomic E-state index is 12.0. The molecule has 2 rings (SSSR count). The predicted molar refractivity (Wildman–Crippen MR) is 111 cm³/mol. The third-order valence-electron chi connectivity index (χ3n) is 4.44. The number of benzene rings is 2. The first-order valence-corrected chi connectivity index (χ1v) is 9.27. The van der Waals surface area contributed by atoms with Crippen LogP contribution in [0.25, 0.3) is 0 Å². The van der Waals surface area contributed by atoms with E-state index in [-0.39, 0.29) is 36.0 Å². The number of hydrogen-bond donors (Lipinski definition) is 2. The summed E-state index contributed by atoms with van der Waals surface area (Å²) in [6.45, 7) is 3.23. The minimum absolute atomic E-state index is 0.0687. The molecule has 0 aromatic heterocycles. The molecule has 0 spiro atoms. The molecule has 2 aromatic rings. The molecule has 0 saturated carbocycles. The smallest absolute Gasteiger partial charge is 0.274 e. The molecule has 2 aromatic carbocycles. The van der Waals surface area contributed by atoms with Crippen LogP contribution >= 0.6 is 0 Å². The Bertz CT molecular complexity index is 910. The second-order valence-corrected chi connectivity index (χ2v) is 6.82. The van der Waals surface area contributed by atoms with Crippen LogP contribution in [0.15, 0.2) is 36.4 Å². The van der Waals surface area contributed by atoms with Gasteiger partial charge in [0.2, 0.25) is 11.8 Å². The van der Waals surface area contributed by atoms with E-state index in [0.29, 0.717) is 35.3 Å². The van der Waals surface area contributed by atoms with E-state index >= 15 is 0 Å². The number of carbonyl (C=O) groups is 2. The van der Waals surface area contributed by atoms with Crippen LogP contribution in [0, 0.1) is 34.1 Å². The SMILES string of the molecule is Cc1ccc(NC(=O)CCCCC(=O)Nc2ccc(C)c([N+](=O)[O-])c2)cc1[N+](=O)[O-]. The predicted octanol–water partition coefficient (Wildman–Crippen LogP) is 4.26. The summed E-state index contributed by atoms with van der Waals surface area (Å²) in [5.74, 6) is -0.606. The maximum atomic E-state index is 12.0. The fourth-order valence-corrected chi connectivity index (χ4v) is 2.79. The van der Waals surface area contributed by atoms with E-state index in [1.54, 1.807) is 38.1 Å². The van der Waals surface area contributed by atoms with E-state index in [9.17, 15) is 29.8 Å². The molecule has 0 atom stereocenters. The van der Waals surface area contributed by atoms with Crippen molar-refractivity contribution < 1.29 is 19.4 Å². The first-order valence-electron chi connectivity index (χ1n) is 9.27. The topological polar surface area (TPSA) is 144 Å². The first-order chi connectivity index (χ1) is 14.2. The zero-order valence-electron chi connectivity index (χ0n) is 16.6. The highest BCUT2D eigenvalue weighted by atomic mass is 16.6. The third kappa shape index (κ3) is 6.36. The second-order valence-electron chi connectivity index (χ2n) is 6.82. The van der Waals surface area contributed by atoms with Gasteiger partial charge in [0.25, 0.3) is 11.4 Å². The molecule has 2 amide bonds.